The first-order valence-corrected chi connectivity index (χ1v) is 8.37. The fourth-order valence-corrected chi connectivity index (χ4v) is 2.79. The second-order valence-corrected chi connectivity index (χ2v) is 6.36. The van der Waals surface area contributed by atoms with E-state index in [0.29, 0.717) is 28.8 Å². The van der Waals surface area contributed by atoms with E-state index in [1.54, 1.807) is 0 Å². The Bertz CT molecular complexity index is 838. The molecule has 3 aromatic carbocycles. The molecule has 0 aliphatic heterocycles. The topological polar surface area (TPSA) is 70.5 Å². The smallest absolute Gasteiger partial charge is 0.131 e. The molecule has 0 unspecified atom stereocenters. The summed E-state index contributed by atoms with van der Waals surface area (Å²) < 4.78 is 12.0. The lowest BCUT2D eigenvalue weighted by Gasteiger charge is -2.12. The number of nitrogens with two attached hydrogens (primary N) is 2. The first-order chi connectivity index (χ1) is 12.2. The Morgan fingerprint density at radius 1 is 0.640 bits per heavy atom. The highest BCUT2D eigenvalue weighted by Gasteiger charge is 2.25. The summed E-state index contributed by atoms with van der Waals surface area (Å²) in [5, 5.41) is 0. The van der Waals surface area contributed by atoms with Crippen molar-refractivity contribution in [2.75, 3.05) is 11.5 Å². The number of anilines is 2. The lowest BCUT2D eigenvalue weighted by atomic mass is 10.1. The molecule has 0 saturated heterocycles. The first-order valence-electron chi connectivity index (χ1n) is 8.37. The molecule has 4 rings (SSSR count). The van der Waals surface area contributed by atoms with E-state index in [2.05, 4.69) is 12.1 Å². The predicted molar refractivity (Wildman–Crippen MR) is 100 cm³/mol. The van der Waals surface area contributed by atoms with Gasteiger partial charge in [-0.25, -0.2) is 0 Å². The Morgan fingerprint density at radius 3 is 1.60 bits per heavy atom. The van der Waals surface area contributed by atoms with E-state index in [4.69, 9.17) is 20.9 Å². The molecule has 1 aliphatic carbocycles. The molecule has 25 heavy (non-hydrogen) atoms. The molecule has 4 nitrogen and oxygen atoms in total. The molecular formula is C21H20N2O2. The highest BCUT2D eigenvalue weighted by Crippen LogP contribution is 2.43. The van der Waals surface area contributed by atoms with Crippen LogP contribution in [0.1, 0.15) is 24.3 Å². The Labute approximate surface area is 147 Å². The maximum absolute atomic E-state index is 6.00. The van der Waals surface area contributed by atoms with Gasteiger partial charge in [0, 0.05) is 29.6 Å². The molecule has 3 aromatic rings. The van der Waals surface area contributed by atoms with Gasteiger partial charge in [0.2, 0.25) is 0 Å². The largest absolute Gasteiger partial charge is 0.457 e. The summed E-state index contributed by atoms with van der Waals surface area (Å²) in [5.74, 6) is 3.50. The molecule has 1 fully saturated rings. The maximum atomic E-state index is 6.00. The lowest BCUT2D eigenvalue weighted by molar-refractivity contribution is 0.459. The van der Waals surface area contributed by atoms with Gasteiger partial charge in [0.15, 0.2) is 0 Å². The van der Waals surface area contributed by atoms with Crippen molar-refractivity contribution in [3.8, 4) is 23.0 Å². The summed E-state index contributed by atoms with van der Waals surface area (Å²) in [7, 11) is 0. The summed E-state index contributed by atoms with van der Waals surface area (Å²) in [6.45, 7) is 0. The minimum absolute atomic E-state index is 0.590. The number of benzene rings is 3. The third-order valence-corrected chi connectivity index (χ3v) is 4.14. The van der Waals surface area contributed by atoms with Gasteiger partial charge in [-0.05, 0) is 60.7 Å². The normalized spacial score (nSPS) is 13.4. The van der Waals surface area contributed by atoms with Crippen LogP contribution in [0.5, 0.6) is 23.0 Å². The van der Waals surface area contributed by atoms with Crippen molar-refractivity contribution in [1.82, 2.24) is 0 Å². The Hall–Kier alpha value is -3.14. The van der Waals surface area contributed by atoms with Crippen LogP contribution in [0.25, 0.3) is 0 Å². The van der Waals surface area contributed by atoms with Gasteiger partial charge in [0.05, 0.1) is 0 Å². The molecule has 4 heteroatoms. The van der Waals surface area contributed by atoms with Crippen LogP contribution in [0, 0.1) is 0 Å². The van der Waals surface area contributed by atoms with Crippen LogP contribution in [0.15, 0.2) is 66.7 Å². The van der Waals surface area contributed by atoms with E-state index in [0.717, 1.165) is 11.5 Å². The van der Waals surface area contributed by atoms with E-state index < -0.39 is 0 Å². The van der Waals surface area contributed by atoms with E-state index >= 15 is 0 Å². The zero-order valence-corrected chi connectivity index (χ0v) is 13.8. The van der Waals surface area contributed by atoms with Crippen molar-refractivity contribution in [3.05, 3.63) is 72.3 Å². The van der Waals surface area contributed by atoms with Crippen molar-refractivity contribution in [2.45, 2.75) is 18.8 Å². The van der Waals surface area contributed by atoms with Gasteiger partial charge in [-0.15, -0.1) is 0 Å². The van der Waals surface area contributed by atoms with Gasteiger partial charge in [-0.2, -0.15) is 0 Å². The van der Waals surface area contributed by atoms with Gasteiger partial charge in [-0.3, -0.25) is 0 Å². The van der Waals surface area contributed by atoms with Gasteiger partial charge in [0.25, 0.3) is 0 Å². The highest BCUT2D eigenvalue weighted by atomic mass is 16.5. The highest BCUT2D eigenvalue weighted by molar-refractivity contribution is 5.49. The molecule has 1 aliphatic rings. The Balaban J connectivity index is 1.63. The average Bonchev–Trinajstić information content (AvgIpc) is 3.39. The quantitative estimate of drug-likeness (QED) is 0.621. The molecule has 0 aromatic heterocycles. The first kappa shape index (κ1) is 15.4. The molecular weight excluding hydrogens is 312 g/mol. The summed E-state index contributed by atoms with van der Waals surface area (Å²) in [5.41, 5.74) is 14.2. The molecule has 0 bridgehead atoms. The third-order valence-electron chi connectivity index (χ3n) is 4.14. The fourth-order valence-electron chi connectivity index (χ4n) is 2.79. The van der Waals surface area contributed by atoms with E-state index in [1.807, 2.05) is 54.6 Å². The minimum Gasteiger partial charge on any atom is -0.457 e. The van der Waals surface area contributed by atoms with Crippen molar-refractivity contribution >= 4 is 11.4 Å². The summed E-state index contributed by atoms with van der Waals surface area (Å²) in [6, 6.07) is 20.9. The number of hydrogen-bond acceptors (Lipinski definition) is 4. The molecule has 1 saturated carbocycles. The molecule has 4 N–H and O–H groups in total. The van der Waals surface area contributed by atoms with Crippen molar-refractivity contribution in [1.29, 1.82) is 0 Å². The molecule has 0 heterocycles. The fraction of sp³-hybridized carbons (Fsp3) is 0.143. The van der Waals surface area contributed by atoms with Gasteiger partial charge >= 0.3 is 0 Å². The second kappa shape index (κ2) is 6.40. The number of nitrogen functional groups attached to an aromatic ring is 2. The van der Waals surface area contributed by atoms with Gasteiger partial charge in [0.1, 0.15) is 23.0 Å². The monoisotopic (exact) mass is 332 g/mol. The van der Waals surface area contributed by atoms with Crippen LogP contribution in [0.4, 0.5) is 11.4 Å². The van der Waals surface area contributed by atoms with Crippen molar-refractivity contribution < 1.29 is 9.47 Å². The van der Waals surface area contributed by atoms with Gasteiger partial charge in [-0.1, -0.05) is 12.1 Å². The summed E-state index contributed by atoms with van der Waals surface area (Å²) in [4.78, 5) is 0. The Kier molecular flexibility index (Phi) is 3.94. The summed E-state index contributed by atoms with van der Waals surface area (Å²) in [6.07, 6.45) is 2.42. The zero-order valence-electron chi connectivity index (χ0n) is 13.8. The van der Waals surface area contributed by atoms with Crippen LogP contribution >= 0.6 is 0 Å². The standard InChI is InChI=1S/C21H20N2O2/c22-16-3-1-5-18(11-16)24-20-9-15(14-7-8-14)10-21(13-20)25-19-6-2-4-17(23)12-19/h1-6,9-14H,7-8,22-23H2. The van der Waals surface area contributed by atoms with E-state index in [9.17, 15) is 0 Å². The zero-order chi connectivity index (χ0) is 17.2. The Morgan fingerprint density at radius 2 is 1.16 bits per heavy atom. The maximum Gasteiger partial charge on any atom is 0.131 e. The third kappa shape index (κ3) is 3.86. The van der Waals surface area contributed by atoms with Crippen LogP contribution in [0.3, 0.4) is 0 Å². The number of rotatable bonds is 5. The SMILES string of the molecule is Nc1cccc(Oc2cc(Oc3cccc(N)c3)cc(C3CC3)c2)c1. The minimum atomic E-state index is 0.590. The molecule has 0 radical (unpaired) electrons. The van der Waals surface area contributed by atoms with Crippen LogP contribution in [-0.4, -0.2) is 0 Å². The second-order valence-electron chi connectivity index (χ2n) is 6.36. The van der Waals surface area contributed by atoms with Gasteiger partial charge < -0.3 is 20.9 Å². The number of ether oxygens (including phenoxy) is 2. The van der Waals surface area contributed by atoms with Crippen LogP contribution in [0.2, 0.25) is 0 Å². The van der Waals surface area contributed by atoms with Crippen LogP contribution in [-0.2, 0) is 0 Å². The van der Waals surface area contributed by atoms with Crippen molar-refractivity contribution in [3.63, 3.8) is 0 Å². The molecule has 0 amide bonds. The van der Waals surface area contributed by atoms with Crippen molar-refractivity contribution in [2.24, 2.45) is 0 Å². The number of hydrogen-bond donors (Lipinski definition) is 2. The average molecular weight is 332 g/mol. The summed E-state index contributed by atoms with van der Waals surface area (Å²) >= 11 is 0. The van der Waals surface area contributed by atoms with E-state index in [-0.39, 0.29) is 0 Å². The lowest BCUT2D eigenvalue weighted by Crippen LogP contribution is -1.92. The molecule has 126 valence electrons. The molecule has 0 atom stereocenters. The predicted octanol–water partition coefficient (Wildman–Crippen LogP) is 5.31. The van der Waals surface area contributed by atoms with E-state index in [1.165, 1.54) is 18.4 Å². The molecule has 0 spiro atoms. The van der Waals surface area contributed by atoms with Crippen LogP contribution < -0.4 is 20.9 Å².